The van der Waals surface area contributed by atoms with E-state index in [1.165, 1.54) is 25.9 Å². The van der Waals surface area contributed by atoms with Crippen LogP contribution in [0.2, 0.25) is 0 Å². The third kappa shape index (κ3) is 1230. The smallest absolute Gasteiger partial charge is 4.00 e. The van der Waals surface area contributed by atoms with Crippen molar-refractivity contribution >= 4 is 31.2 Å². The molecule has 0 spiro atoms. The Labute approximate surface area is 172 Å². The standard InChI is InChI=1S/C4H9N.C.4F6P/c1-2-4-5-3-1;;4*1-7(2,3,4,5)6/h5H,1-4H2;;;;;/q;+4;4*-1. The molecule has 0 aromatic carbocycles. The SMILES string of the molecule is C1CCNC1.F[P-](F)(F)(F)(F)F.F[P-](F)(F)(F)(F)F.F[P-](F)(F)(F)(F)F.F[P-](F)(F)(F)(F)F.[C+4]. The molecule has 34 heavy (non-hydrogen) atoms. The maximum Gasteiger partial charge on any atom is 4.00 e. The molecule has 0 radical (unpaired) electrons. The second-order valence-corrected chi connectivity index (χ2v) is 13.0. The summed E-state index contributed by atoms with van der Waals surface area (Å²) < 4.78 is 237. The van der Waals surface area contributed by atoms with E-state index in [2.05, 4.69) is 5.32 Å². The van der Waals surface area contributed by atoms with Gasteiger partial charge in [0, 0.05) is 0 Å². The van der Waals surface area contributed by atoms with Gasteiger partial charge in [0.25, 0.3) is 0 Å². The van der Waals surface area contributed by atoms with Gasteiger partial charge in [-0.05, 0) is 25.9 Å². The maximum absolute atomic E-state index is 10.7. The summed E-state index contributed by atoms with van der Waals surface area (Å²) in [4.78, 5) is 0. The number of nitrogens with one attached hydrogen (secondary N) is 1. The van der Waals surface area contributed by atoms with E-state index in [4.69, 9.17) is 0 Å². The number of rotatable bonds is 0. The van der Waals surface area contributed by atoms with Gasteiger partial charge in [-0.2, -0.15) is 0 Å². The van der Waals surface area contributed by atoms with Crippen molar-refractivity contribution in [1.29, 1.82) is 0 Å². The van der Waals surface area contributed by atoms with Gasteiger partial charge in [0.05, 0.1) is 0 Å². The maximum atomic E-state index is 9.87. The fraction of sp³-hybridized carbons (Fsp3) is 0.800. The van der Waals surface area contributed by atoms with Crippen LogP contribution < -0.4 is 5.32 Å². The molecule has 0 amide bonds. The molecule has 0 saturated carbocycles. The topological polar surface area (TPSA) is 12.0 Å². The first-order chi connectivity index (χ1) is 12.3. The zero-order chi connectivity index (χ0) is 29.2. The van der Waals surface area contributed by atoms with E-state index in [0.717, 1.165) is 0 Å². The van der Waals surface area contributed by atoms with Crippen molar-refractivity contribution in [3.05, 3.63) is 7.43 Å². The molecular weight excluding hydrogens is 654 g/mol. The summed E-state index contributed by atoms with van der Waals surface area (Å²) in [6.07, 6.45) is 2.78. The normalized spacial score (nSPS) is 22.6. The van der Waals surface area contributed by atoms with E-state index >= 15 is 0 Å². The Hall–Kier alpha value is -0.000000000000000222. The fourth-order valence-corrected chi connectivity index (χ4v) is 0.625. The second-order valence-electron chi connectivity index (χ2n) is 5.29. The van der Waals surface area contributed by atoms with Crippen LogP contribution in [0.1, 0.15) is 12.8 Å². The van der Waals surface area contributed by atoms with E-state index in [0.29, 0.717) is 0 Å². The van der Waals surface area contributed by atoms with E-state index in [1.54, 1.807) is 0 Å². The van der Waals surface area contributed by atoms with Gasteiger partial charge in [-0.15, -0.1) is 0 Å². The first kappa shape index (κ1) is 44.0. The van der Waals surface area contributed by atoms with Crippen LogP contribution in [0.25, 0.3) is 0 Å². The number of hydrogen-bond acceptors (Lipinski definition) is 1. The quantitative estimate of drug-likeness (QED) is 0.201. The molecule has 0 unspecified atom stereocenters. The molecule has 0 aliphatic carbocycles. The Balaban J connectivity index is -0.000000103. The molecule has 1 heterocycles. The monoisotopic (exact) mass is 663 g/mol. The van der Waals surface area contributed by atoms with Gasteiger partial charge in [-0.25, -0.2) is 0 Å². The summed E-state index contributed by atoms with van der Waals surface area (Å²) in [7, 11) is -42.6. The third-order valence-electron chi connectivity index (χ3n) is 0.957. The van der Waals surface area contributed by atoms with Gasteiger partial charge >= 0.3 is 139 Å². The summed E-state index contributed by atoms with van der Waals surface area (Å²) in [6.45, 7) is 2.50. The molecular formula is C5H9F24NP4. The van der Waals surface area contributed by atoms with Gasteiger partial charge in [0.2, 0.25) is 0 Å². The summed E-state index contributed by atoms with van der Waals surface area (Å²) >= 11 is 0. The Morgan fingerprint density at radius 3 is 0.412 bits per heavy atom. The average molecular weight is 663 g/mol. The van der Waals surface area contributed by atoms with E-state index in [9.17, 15) is 101 Å². The first-order valence-electron chi connectivity index (χ1n) is 6.26. The van der Waals surface area contributed by atoms with Crippen molar-refractivity contribution < 1.29 is 101 Å². The molecule has 0 aromatic rings. The second kappa shape index (κ2) is 8.00. The van der Waals surface area contributed by atoms with E-state index in [1.807, 2.05) is 0 Å². The van der Waals surface area contributed by atoms with Crippen LogP contribution in [0.4, 0.5) is 101 Å². The van der Waals surface area contributed by atoms with Crippen molar-refractivity contribution in [3.63, 3.8) is 0 Å². The van der Waals surface area contributed by atoms with Crippen LogP contribution in [-0.2, 0) is 0 Å². The molecule has 1 aliphatic rings. The van der Waals surface area contributed by atoms with Gasteiger partial charge in [0.15, 0.2) is 0 Å². The van der Waals surface area contributed by atoms with Crippen molar-refractivity contribution in [3.8, 4) is 0 Å². The van der Waals surface area contributed by atoms with Crippen LogP contribution >= 0.6 is 31.2 Å². The van der Waals surface area contributed by atoms with Crippen molar-refractivity contribution in [2.24, 2.45) is 0 Å². The van der Waals surface area contributed by atoms with Gasteiger partial charge in [0.1, 0.15) is 0 Å². The Morgan fingerprint density at radius 1 is 0.294 bits per heavy atom. The molecule has 0 atom stereocenters. The molecule has 29 heteroatoms. The van der Waals surface area contributed by atoms with Crippen LogP contribution in [-0.4, -0.2) is 13.1 Å². The van der Waals surface area contributed by atoms with Crippen molar-refractivity contribution in [2.45, 2.75) is 12.8 Å². The first-order valence-corrected chi connectivity index (χ1v) is 14.4. The van der Waals surface area contributed by atoms with Gasteiger partial charge in [-0.3, -0.25) is 0 Å². The summed E-state index contributed by atoms with van der Waals surface area (Å²) in [5, 5.41) is 3.22. The summed E-state index contributed by atoms with van der Waals surface area (Å²) in [5.41, 5.74) is 0. The average Bonchev–Trinajstić information content (AvgIpc) is 2.45. The molecule has 1 N–H and O–H groups in total. The third-order valence-corrected chi connectivity index (χ3v) is 0.957. The predicted molar refractivity (Wildman–Crippen MR) is 79.6 cm³/mol. The molecule has 0 bridgehead atoms. The molecule has 1 fully saturated rings. The van der Waals surface area contributed by atoms with E-state index < -0.39 is 31.2 Å². The van der Waals surface area contributed by atoms with E-state index in [-0.39, 0.29) is 7.43 Å². The molecule has 222 valence electrons. The zero-order valence-electron chi connectivity index (χ0n) is 14.7. The number of hydrogen-bond donors (Lipinski definition) is 1. The van der Waals surface area contributed by atoms with Crippen LogP contribution in [0.3, 0.4) is 0 Å². The Kier molecular flexibility index (Phi) is 10.4. The minimum Gasteiger partial charge on any atom is 4.00 e. The van der Waals surface area contributed by atoms with Crippen LogP contribution in [0.15, 0.2) is 0 Å². The Bertz CT molecular complexity index is 460. The zero-order valence-corrected chi connectivity index (χ0v) is 18.3. The van der Waals surface area contributed by atoms with Gasteiger partial charge < -0.3 is 5.32 Å². The molecule has 1 rings (SSSR count). The minimum absolute atomic E-state index is 0. The van der Waals surface area contributed by atoms with Crippen molar-refractivity contribution in [1.82, 2.24) is 5.32 Å². The van der Waals surface area contributed by atoms with Crippen molar-refractivity contribution in [2.75, 3.05) is 13.1 Å². The predicted octanol–water partition coefficient (Wildman–Crippen LogP) is 14.0. The molecule has 1 nitrogen and oxygen atoms in total. The van der Waals surface area contributed by atoms with Crippen LogP contribution in [0.5, 0.6) is 0 Å². The molecule has 0 aromatic heterocycles. The minimum atomic E-state index is -10.7. The molecule has 1 saturated heterocycles. The largest absolute Gasteiger partial charge is 4.00 e. The number of halogens is 24. The summed E-state index contributed by atoms with van der Waals surface area (Å²) in [6, 6.07) is 0. The van der Waals surface area contributed by atoms with Crippen LogP contribution in [0, 0.1) is 7.43 Å². The fourth-order valence-electron chi connectivity index (χ4n) is 0.625. The van der Waals surface area contributed by atoms with Gasteiger partial charge in [-0.1, -0.05) is 0 Å². The molecule has 1 aliphatic heterocycles. The Morgan fingerprint density at radius 2 is 0.382 bits per heavy atom. The summed E-state index contributed by atoms with van der Waals surface area (Å²) in [5.74, 6) is 0.